The Morgan fingerprint density at radius 3 is 2.67 bits per heavy atom. The van der Waals surface area contributed by atoms with E-state index in [4.69, 9.17) is 0 Å². The predicted octanol–water partition coefficient (Wildman–Crippen LogP) is 2.70. The van der Waals surface area contributed by atoms with Gasteiger partial charge in [0.15, 0.2) is 0 Å². The molecule has 1 fully saturated rings. The minimum atomic E-state index is -0.157. The Morgan fingerprint density at radius 1 is 1.24 bits per heavy atom. The Morgan fingerprint density at radius 2 is 2.00 bits per heavy atom. The summed E-state index contributed by atoms with van der Waals surface area (Å²) >= 11 is 0. The van der Waals surface area contributed by atoms with Gasteiger partial charge in [-0.1, -0.05) is 19.1 Å². The number of benzene rings is 1. The number of halogens is 1. The van der Waals surface area contributed by atoms with Crippen LogP contribution in [0, 0.1) is 5.82 Å². The monoisotopic (exact) mass is 292 g/mol. The van der Waals surface area contributed by atoms with E-state index in [2.05, 4.69) is 4.90 Å². The molecular formula is C17H25FN2O. The van der Waals surface area contributed by atoms with E-state index in [0.717, 1.165) is 57.5 Å². The van der Waals surface area contributed by atoms with E-state index in [-0.39, 0.29) is 11.7 Å². The number of rotatable bonds is 6. The van der Waals surface area contributed by atoms with Crippen LogP contribution < -0.4 is 0 Å². The molecule has 1 amide bonds. The number of hydrogen-bond acceptors (Lipinski definition) is 2. The molecule has 1 aromatic carbocycles. The largest absolute Gasteiger partial charge is 0.340 e. The summed E-state index contributed by atoms with van der Waals surface area (Å²) in [4.78, 5) is 16.2. The summed E-state index contributed by atoms with van der Waals surface area (Å²) < 4.78 is 13.1. The van der Waals surface area contributed by atoms with Crippen molar-refractivity contribution in [2.75, 3.05) is 32.7 Å². The van der Waals surface area contributed by atoms with Gasteiger partial charge in [0.1, 0.15) is 5.82 Å². The first-order chi connectivity index (χ1) is 10.2. The molecule has 0 radical (unpaired) electrons. The zero-order chi connectivity index (χ0) is 15.1. The van der Waals surface area contributed by atoms with Crippen molar-refractivity contribution in [1.29, 1.82) is 0 Å². The number of aryl methyl sites for hydroxylation is 1. The van der Waals surface area contributed by atoms with Crippen LogP contribution in [-0.2, 0) is 11.2 Å². The van der Waals surface area contributed by atoms with Gasteiger partial charge in [-0.3, -0.25) is 9.69 Å². The lowest BCUT2D eigenvalue weighted by molar-refractivity contribution is -0.132. The van der Waals surface area contributed by atoms with Crippen molar-refractivity contribution >= 4 is 5.91 Å². The minimum absolute atomic E-state index is 0.157. The summed E-state index contributed by atoms with van der Waals surface area (Å²) in [6, 6.07) is 6.84. The first-order valence-corrected chi connectivity index (χ1v) is 7.93. The third-order valence-corrected chi connectivity index (χ3v) is 4.02. The molecule has 1 heterocycles. The molecule has 0 saturated carbocycles. The van der Waals surface area contributed by atoms with Crippen molar-refractivity contribution in [3.8, 4) is 0 Å². The Balaban J connectivity index is 1.66. The van der Waals surface area contributed by atoms with E-state index >= 15 is 0 Å². The van der Waals surface area contributed by atoms with Gasteiger partial charge in [-0.2, -0.15) is 0 Å². The van der Waals surface area contributed by atoms with Gasteiger partial charge in [-0.15, -0.1) is 0 Å². The van der Waals surface area contributed by atoms with Crippen LogP contribution in [-0.4, -0.2) is 48.4 Å². The van der Waals surface area contributed by atoms with Crippen LogP contribution in [0.2, 0.25) is 0 Å². The molecule has 116 valence electrons. The van der Waals surface area contributed by atoms with Crippen LogP contribution >= 0.6 is 0 Å². The molecule has 21 heavy (non-hydrogen) atoms. The molecule has 0 N–H and O–H groups in total. The highest BCUT2D eigenvalue weighted by Crippen LogP contribution is 2.09. The molecule has 1 aromatic rings. The number of carbonyl (C=O) groups is 1. The van der Waals surface area contributed by atoms with Crippen molar-refractivity contribution < 1.29 is 9.18 Å². The lowest BCUT2D eigenvalue weighted by atomic mass is 10.1. The second-order valence-electron chi connectivity index (χ2n) is 5.71. The molecule has 3 nitrogen and oxygen atoms in total. The van der Waals surface area contributed by atoms with Crippen LogP contribution in [0.5, 0.6) is 0 Å². The summed E-state index contributed by atoms with van der Waals surface area (Å²) in [6.07, 6.45) is 3.53. The molecule has 0 spiro atoms. The smallest absolute Gasteiger partial charge is 0.222 e. The fourth-order valence-electron chi connectivity index (χ4n) is 2.79. The van der Waals surface area contributed by atoms with Gasteiger partial charge >= 0.3 is 0 Å². The summed E-state index contributed by atoms with van der Waals surface area (Å²) in [5.74, 6) is 0.132. The first kappa shape index (κ1) is 16.0. The van der Waals surface area contributed by atoms with Crippen LogP contribution in [0.1, 0.15) is 31.7 Å². The number of piperazine rings is 1. The number of nitrogens with zero attached hydrogens (tertiary/aromatic N) is 2. The molecule has 1 aliphatic rings. The average molecular weight is 292 g/mol. The van der Waals surface area contributed by atoms with Gasteiger partial charge in [0.2, 0.25) is 5.91 Å². The van der Waals surface area contributed by atoms with E-state index in [1.807, 2.05) is 17.9 Å². The summed E-state index contributed by atoms with van der Waals surface area (Å²) in [6.45, 7) is 6.67. The van der Waals surface area contributed by atoms with E-state index in [9.17, 15) is 9.18 Å². The lowest BCUT2D eigenvalue weighted by Crippen LogP contribution is -2.48. The Labute approximate surface area is 126 Å². The Kier molecular flexibility index (Phi) is 6.18. The lowest BCUT2D eigenvalue weighted by Gasteiger charge is -2.34. The molecule has 0 aliphatic carbocycles. The highest BCUT2D eigenvalue weighted by Gasteiger charge is 2.19. The first-order valence-electron chi connectivity index (χ1n) is 7.93. The molecule has 0 unspecified atom stereocenters. The Hall–Kier alpha value is -1.42. The van der Waals surface area contributed by atoms with E-state index < -0.39 is 0 Å². The molecule has 1 saturated heterocycles. The Bertz CT molecular complexity index is 456. The SMILES string of the molecule is CCCC(=O)N1CCN(CCCc2cccc(F)c2)CC1. The summed E-state index contributed by atoms with van der Waals surface area (Å²) in [7, 11) is 0. The van der Waals surface area contributed by atoms with E-state index in [1.54, 1.807) is 12.1 Å². The molecule has 1 aliphatic heterocycles. The quantitative estimate of drug-likeness (QED) is 0.805. The second-order valence-corrected chi connectivity index (χ2v) is 5.71. The van der Waals surface area contributed by atoms with Gasteiger partial charge in [0.05, 0.1) is 0 Å². The zero-order valence-electron chi connectivity index (χ0n) is 12.9. The fraction of sp³-hybridized carbons (Fsp3) is 0.588. The molecule has 0 bridgehead atoms. The maximum Gasteiger partial charge on any atom is 0.222 e. The predicted molar refractivity (Wildman–Crippen MR) is 82.6 cm³/mol. The summed E-state index contributed by atoms with van der Waals surface area (Å²) in [5.41, 5.74) is 1.06. The standard InChI is InChI=1S/C17H25FN2O/c1-2-5-17(21)20-12-10-19(11-13-20)9-4-7-15-6-3-8-16(18)14-15/h3,6,8,14H,2,4-5,7,9-13H2,1H3. The average Bonchev–Trinajstić information content (AvgIpc) is 2.48. The number of hydrogen-bond donors (Lipinski definition) is 0. The minimum Gasteiger partial charge on any atom is -0.340 e. The van der Waals surface area contributed by atoms with E-state index in [1.165, 1.54) is 6.07 Å². The van der Waals surface area contributed by atoms with Crippen molar-refractivity contribution in [3.05, 3.63) is 35.6 Å². The van der Waals surface area contributed by atoms with Crippen LogP contribution in [0.25, 0.3) is 0 Å². The van der Waals surface area contributed by atoms with Crippen molar-refractivity contribution in [2.45, 2.75) is 32.6 Å². The zero-order valence-corrected chi connectivity index (χ0v) is 12.9. The molecule has 4 heteroatoms. The van der Waals surface area contributed by atoms with Crippen molar-refractivity contribution in [2.24, 2.45) is 0 Å². The van der Waals surface area contributed by atoms with Crippen LogP contribution in [0.3, 0.4) is 0 Å². The highest BCUT2D eigenvalue weighted by atomic mass is 19.1. The van der Waals surface area contributed by atoms with Gasteiger partial charge in [-0.05, 0) is 43.5 Å². The topological polar surface area (TPSA) is 23.6 Å². The normalized spacial score (nSPS) is 16.2. The number of carbonyl (C=O) groups excluding carboxylic acids is 1. The van der Waals surface area contributed by atoms with Crippen molar-refractivity contribution in [1.82, 2.24) is 9.80 Å². The molecule has 2 rings (SSSR count). The van der Waals surface area contributed by atoms with Gasteiger partial charge in [0, 0.05) is 32.6 Å². The third-order valence-electron chi connectivity index (χ3n) is 4.02. The van der Waals surface area contributed by atoms with Crippen LogP contribution in [0.15, 0.2) is 24.3 Å². The molecule has 0 atom stereocenters. The second kappa shape index (κ2) is 8.13. The van der Waals surface area contributed by atoms with Gasteiger partial charge in [0.25, 0.3) is 0 Å². The maximum atomic E-state index is 13.1. The van der Waals surface area contributed by atoms with Crippen LogP contribution in [0.4, 0.5) is 4.39 Å². The highest BCUT2D eigenvalue weighted by molar-refractivity contribution is 5.76. The molecular weight excluding hydrogens is 267 g/mol. The van der Waals surface area contributed by atoms with Crippen molar-refractivity contribution in [3.63, 3.8) is 0 Å². The van der Waals surface area contributed by atoms with Gasteiger partial charge in [-0.25, -0.2) is 4.39 Å². The van der Waals surface area contributed by atoms with E-state index in [0.29, 0.717) is 6.42 Å². The summed E-state index contributed by atoms with van der Waals surface area (Å²) in [5, 5.41) is 0. The number of amides is 1. The van der Waals surface area contributed by atoms with Gasteiger partial charge < -0.3 is 4.90 Å². The third kappa shape index (κ3) is 5.12. The fourth-order valence-corrected chi connectivity index (χ4v) is 2.79. The molecule has 0 aromatic heterocycles. The maximum absolute atomic E-state index is 13.1.